The van der Waals surface area contributed by atoms with E-state index in [1.165, 1.54) is 231 Å². The van der Waals surface area contributed by atoms with Gasteiger partial charge < -0.3 is 42.6 Å². The molecule has 0 saturated carbocycles. The molecule has 578 valence electrons. The van der Waals surface area contributed by atoms with Crippen LogP contribution >= 0.6 is 0 Å². The summed E-state index contributed by atoms with van der Waals surface area (Å²) >= 11 is 0. The number of carbonyl (C=O) groups excluding carboxylic acids is 2. The molecule has 0 amide bonds. The molecule has 0 radical (unpaired) electrons. The smallest absolute Gasteiger partial charge is 0.343 e. The number of benzene rings is 7. The molecule has 0 atom stereocenters. The van der Waals surface area contributed by atoms with E-state index in [2.05, 4.69) is 27.7 Å². The fourth-order valence-corrected chi connectivity index (χ4v) is 13.1. The zero-order valence-corrected chi connectivity index (χ0v) is 65.7. The van der Waals surface area contributed by atoms with Crippen molar-refractivity contribution in [1.29, 1.82) is 0 Å². The standard InChI is InChI=1S/C95H132O11/c1-5-9-13-17-21-25-29-33-37-41-69-98-85-57-45-78(46-58-85)75-102-91-73-84(95(97)106-89-63-55-82(56-64-89)81-51-53-83(54-52-81)94(96)105-90-67-65-88(66-68-90)101-72-44-40-36-32-28-24-20-16-12-8-4)74-92(103-76-79-47-59-86(60-48-79)99-70-42-38-34-30-26-22-18-14-10-6-2)93(91)104-77-80-49-61-87(62-50-80)100-71-43-39-35-31-27-23-19-15-11-7-3/h45-68,73-74H,5-44,69-72,75-77H2,1-4H3. The third kappa shape index (κ3) is 36.1. The van der Waals surface area contributed by atoms with Crippen molar-refractivity contribution in [3.8, 4) is 62.9 Å². The van der Waals surface area contributed by atoms with Crippen LogP contribution < -0.4 is 42.6 Å². The predicted molar refractivity (Wildman–Crippen MR) is 436 cm³/mol. The van der Waals surface area contributed by atoms with Crippen molar-refractivity contribution in [2.45, 2.75) is 304 Å². The number of rotatable bonds is 62. The van der Waals surface area contributed by atoms with Crippen LogP contribution in [0.2, 0.25) is 0 Å². The molecule has 0 aliphatic rings. The summed E-state index contributed by atoms with van der Waals surface area (Å²) in [7, 11) is 0. The van der Waals surface area contributed by atoms with Gasteiger partial charge in [0.1, 0.15) is 54.3 Å². The van der Waals surface area contributed by atoms with Crippen molar-refractivity contribution in [2.24, 2.45) is 0 Å². The third-order valence-corrected chi connectivity index (χ3v) is 19.8. The summed E-state index contributed by atoms with van der Waals surface area (Å²) in [5.41, 5.74) is 5.12. The second kappa shape index (κ2) is 54.6. The van der Waals surface area contributed by atoms with Crippen molar-refractivity contribution in [2.75, 3.05) is 26.4 Å². The van der Waals surface area contributed by atoms with Crippen LogP contribution in [0.5, 0.6) is 51.7 Å². The Kier molecular flexibility index (Phi) is 44.0. The van der Waals surface area contributed by atoms with Crippen LogP contribution in [0.3, 0.4) is 0 Å². The van der Waals surface area contributed by atoms with Gasteiger partial charge in [0.15, 0.2) is 11.5 Å². The van der Waals surface area contributed by atoms with E-state index >= 15 is 0 Å². The minimum atomic E-state index is -0.607. The average molecular weight is 1450 g/mol. The number of hydrogen-bond acceptors (Lipinski definition) is 11. The Balaban J connectivity index is 1.01. The van der Waals surface area contributed by atoms with E-state index in [1.807, 2.05) is 109 Å². The Morgan fingerprint density at radius 2 is 0.453 bits per heavy atom. The van der Waals surface area contributed by atoms with E-state index in [9.17, 15) is 9.59 Å². The van der Waals surface area contributed by atoms with Gasteiger partial charge >= 0.3 is 11.9 Å². The van der Waals surface area contributed by atoms with Crippen LogP contribution in [-0.4, -0.2) is 38.4 Å². The van der Waals surface area contributed by atoms with E-state index in [0.29, 0.717) is 60.7 Å². The molecule has 0 heterocycles. The average Bonchev–Trinajstić information content (AvgIpc) is 0.803. The Bertz CT molecular complexity index is 3270. The molecule has 0 fully saturated rings. The van der Waals surface area contributed by atoms with Gasteiger partial charge in [0.05, 0.1) is 37.6 Å². The highest BCUT2D eigenvalue weighted by Crippen LogP contribution is 2.41. The molecule has 11 heteroatoms. The summed E-state index contributed by atoms with van der Waals surface area (Å²) in [6.07, 6.45) is 51.0. The molecule has 0 aromatic heterocycles. The van der Waals surface area contributed by atoms with Gasteiger partial charge in [0.2, 0.25) is 5.75 Å². The van der Waals surface area contributed by atoms with E-state index in [1.54, 1.807) is 48.5 Å². The highest BCUT2D eigenvalue weighted by molar-refractivity contribution is 5.93. The largest absolute Gasteiger partial charge is 0.494 e. The minimum Gasteiger partial charge on any atom is -0.494 e. The summed E-state index contributed by atoms with van der Waals surface area (Å²) in [4.78, 5) is 27.8. The Labute approximate surface area is 639 Å². The van der Waals surface area contributed by atoms with E-state index in [-0.39, 0.29) is 25.4 Å². The van der Waals surface area contributed by atoms with Gasteiger partial charge in [-0.25, -0.2) is 9.59 Å². The van der Waals surface area contributed by atoms with Crippen LogP contribution in [0.1, 0.15) is 322 Å². The van der Waals surface area contributed by atoms with Crippen molar-refractivity contribution < 1.29 is 52.2 Å². The lowest BCUT2D eigenvalue weighted by atomic mass is 10.0. The van der Waals surface area contributed by atoms with E-state index < -0.39 is 11.9 Å². The zero-order valence-electron chi connectivity index (χ0n) is 65.7. The maximum atomic E-state index is 14.6. The molecule has 7 aromatic rings. The summed E-state index contributed by atoms with van der Waals surface area (Å²) < 4.78 is 56.7. The number of ether oxygens (including phenoxy) is 9. The summed E-state index contributed by atoms with van der Waals surface area (Å²) in [6.45, 7) is 12.3. The van der Waals surface area contributed by atoms with Crippen molar-refractivity contribution in [1.82, 2.24) is 0 Å². The van der Waals surface area contributed by atoms with Gasteiger partial charge in [-0.3, -0.25) is 0 Å². The lowest BCUT2D eigenvalue weighted by Crippen LogP contribution is -2.11. The topological polar surface area (TPSA) is 117 Å². The van der Waals surface area contributed by atoms with Crippen LogP contribution in [-0.2, 0) is 19.8 Å². The first kappa shape index (κ1) is 85.3. The summed E-state index contributed by atoms with van der Waals surface area (Å²) in [6, 6.07) is 49.1. The Hall–Kier alpha value is -7.92. The normalized spacial score (nSPS) is 11.2. The first-order valence-corrected chi connectivity index (χ1v) is 41.9. The maximum absolute atomic E-state index is 14.6. The molecular formula is C95H132O11. The molecule has 7 rings (SSSR count). The summed E-state index contributed by atoms with van der Waals surface area (Å²) in [5, 5.41) is 0. The van der Waals surface area contributed by atoms with Crippen LogP contribution in [0.4, 0.5) is 0 Å². The first-order valence-electron chi connectivity index (χ1n) is 41.9. The second-order valence-electron chi connectivity index (χ2n) is 29.1. The van der Waals surface area contributed by atoms with Gasteiger partial charge in [0, 0.05) is 0 Å². The van der Waals surface area contributed by atoms with E-state index in [0.717, 1.165) is 76.5 Å². The molecule has 0 unspecified atom stereocenters. The second-order valence-corrected chi connectivity index (χ2v) is 29.1. The number of unbranched alkanes of at least 4 members (excludes halogenated alkanes) is 36. The molecular weight excluding hydrogens is 1320 g/mol. The van der Waals surface area contributed by atoms with Crippen molar-refractivity contribution in [3.05, 3.63) is 186 Å². The summed E-state index contributed by atoms with van der Waals surface area (Å²) in [5.74, 6) is 3.92. The van der Waals surface area contributed by atoms with Crippen LogP contribution in [0.25, 0.3) is 11.1 Å². The Morgan fingerprint density at radius 3 is 0.745 bits per heavy atom. The Morgan fingerprint density at radius 1 is 0.226 bits per heavy atom. The number of hydrogen-bond donors (Lipinski definition) is 0. The molecule has 11 nitrogen and oxygen atoms in total. The zero-order chi connectivity index (χ0) is 74.4. The quantitative estimate of drug-likeness (QED) is 0.0206. The lowest BCUT2D eigenvalue weighted by molar-refractivity contribution is 0.0724. The van der Waals surface area contributed by atoms with E-state index in [4.69, 9.17) is 42.6 Å². The molecule has 106 heavy (non-hydrogen) atoms. The molecule has 0 bridgehead atoms. The van der Waals surface area contributed by atoms with Gasteiger partial charge in [-0.2, -0.15) is 0 Å². The van der Waals surface area contributed by atoms with Crippen molar-refractivity contribution in [3.63, 3.8) is 0 Å². The maximum Gasteiger partial charge on any atom is 0.343 e. The first-order chi connectivity index (χ1) is 52.3. The van der Waals surface area contributed by atoms with Crippen LogP contribution in [0, 0.1) is 0 Å². The molecule has 0 spiro atoms. The molecule has 0 aliphatic heterocycles. The van der Waals surface area contributed by atoms with Crippen molar-refractivity contribution >= 4 is 11.9 Å². The highest BCUT2D eigenvalue weighted by atomic mass is 16.6. The molecule has 0 aliphatic carbocycles. The van der Waals surface area contributed by atoms with Gasteiger partial charge in [0.25, 0.3) is 0 Å². The number of carbonyl (C=O) groups is 2. The predicted octanol–water partition coefficient (Wildman–Crippen LogP) is 27.7. The monoisotopic (exact) mass is 1450 g/mol. The lowest BCUT2D eigenvalue weighted by Gasteiger charge is -2.19. The van der Waals surface area contributed by atoms with Crippen LogP contribution in [0.15, 0.2) is 158 Å². The van der Waals surface area contributed by atoms with Gasteiger partial charge in [-0.05, 0) is 151 Å². The highest BCUT2D eigenvalue weighted by Gasteiger charge is 2.22. The third-order valence-electron chi connectivity index (χ3n) is 19.8. The molecule has 0 saturated heterocycles. The molecule has 0 N–H and O–H groups in total. The molecule has 7 aromatic carbocycles. The minimum absolute atomic E-state index is 0.172. The fourth-order valence-electron chi connectivity index (χ4n) is 13.1. The van der Waals surface area contributed by atoms with Gasteiger partial charge in [-0.15, -0.1) is 0 Å². The fraction of sp³-hybridized carbons (Fsp3) is 0.537. The van der Waals surface area contributed by atoms with Gasteiger partial charge in [-0.1, -0.05) is 320 Å². The SMILES string of the molecule is CCCCCCCCCCCCOc1ccc(COc2cc(C(=O)Oc3ccc(-c4ccc(C(=O)Oc5ccc(OCCCCCCCCCCCC)cc5)cc4)cc3)cc(OCc3ccc(OCCCCCCCCCCCC)cc3)c2OCc2ccc(OCCCCCCCCCCCC)cc2)cc1. The number of esters is 2.